The number of hydrogen-bond acceptors (Lipinski definition) is 8. The normalized spacial score (nSPS) is 13.3. The van der Waals surface area contributed by atoms with Gasteiger partial charge in [-0.3, -0.25) is 0 Å². The van der Waals surface area contributed by atoms with Crippen LogP contribution < -0.4 is 10.4 Å². The van der Waals surface area contributed by atoms with Gasteiger partial charge in [0.05, 0.1) is 0 Å². The van der Waals surface area contributed by atoms with E-state index in [9.17, 15) is 44.6 Å². The molecule has 1 atom stereocenters. The van der Waals surface area contributed by atoms with Gasteiger partial charge in [-0.25, -0.2) is 0 Å². The van der Waals surface area contributed by atoms with Crippen LogP contribution in [0.4, 0.5) is 39.5 Å². The van der Waals surface area contributed by atoms with Crippen LogP contribution in [0.15, 0.2) is 109 Å². The highest BCUT2D eigenvalue weighted by atomic mass is 28.4. The molecule has 0 aliphatic rings. The van der Waals surface area contributed by atoms with Crippen LogP contribution in [0.25, 0.3) is 0 Å². The maximum Gasteiger partial charge on any atom is 0.537 e. The van der Waals surface area contributed by atoms with E-state index in [1.165, 1.54) is 36.8 Å². The van der Waals surface area contributed by atoms with Crippen LogP contribution in [0.5, 0.6) is 0 Å². The minimum absolute atomic E-state index is 0.189. The lowest BCUT2D eigenvalue weighted by atomic mass is 9.91. The van der Waals surface area contributed by atoms with Gasteiger partial charge in [0.1, 0.15) is 0 Å². The number of alkyl halides is 9. The Morgan fingerprint density at radius 2 is 0.746 bits per heavy atom. The van der Waals surface area contributed by atoms with Gasteiger partial charge in [-0.05, 0) is 73.9 Å². The number of rotatable bonds is 16. The molecule has 0 spiro atoms. The zero-order chi connectivity index (χ0) is 48.2. The molecule has 1 unspecified atom stereocenters. The summed E-state index contributed by atoms with van der Waals surface area (Å²) in [6, 6.07) is 29.3. The van der Waals surface area contributed by atoms with E-state index in [1.54, 1.807) is 26.8 Å². The summed E-state index contributed by atoms with van der Waals surface area (Å²) in [6.07, 6.45) is -16.5. The van der Waals surface area contributed by atoms with Crippen molar-refractivity contribution in [2.75, 3.05) is 39.6 Å². The molecule has 0 radical (unpaired) electrons. The standard InChI is InChI=1S/C15H23F3O4Si.C12H20O3Si.C10H8F6O.C7H8/c1-5-20-23(21-6-2,22-7-3)13-10-8-9-12(11-13)14(4,19)15(16,17)18;1-4-13-16(14-5-2,15-6-3)12-10-8-7-9-11-12;1-6-3-2-4-7(5-6)8(17,9(11,12)13)10(14,15)16;1-7-5-3-2-4-6-7/h8-11,19H,5-7H2,1-4H3;7-11H,4-6H2,1-3H3;2-5,17H,1H3;2-6H,1H3. The molecule has 4 rings (SSSR count). The van der Waals surface area contributed by atoms with Crippen molar-refractivity contribution in [2.45, 2.75) is 92.0 Å². The average molecular weight is 943 g/mol. The molecule has 63 heavy (non-hydrogen) atoms. The molecule has 2 N–H and O–H groups in total. The van der Waals surface area contributed by atoms with Gasteiger partial charge in [0.2, 0.25) is 0 Å². The summed E-state index contributed by atoms with van der Waals surface area (Å²) in [6.45, 7) is 18.0. The van der Waals surface area contributed by atoms with E-state index in [1.807, 2.05) is 69.3 Å². The van der Waals surface area contributed by atoms with Crippen molar-refractivity contribution < 1.29 is 76.3 Å². The van der Waals surface area contributed by atoms with Crippen LogP contribution in [0.2, 0.25) is 0 Å². The SMILES string of the molecule is CCO[Si](OCC)(OCC)c1cccc(C(C)(O)C(F)(F)F)c1.CCO[Si](OCC)(OCC)c1ccccc1.Cc1cccc(C(O)(C(F)(F)F)C(F)(F)F)c1.Cc1ccccc1. The topological polar surface area (TPSA) is 95.8 Å². The van der Waals surface area contributed by atoms with Gasteiger partial charge in [-0.15, -0.1) is 0 Å². The fourth-order valence-electron chi connectivity index (χ4n) is 5.60. The fraction of sp³-hybridized carbons (Fsp3) is 0.455. The second-order valence-corrected chi connectivity index (χ2v) is 18.6. The molecule has 0 amide bonds. The largest absolute Gasteiger partial charge is 0.537 e. The predicted molar refractivity (Wildman–Crippen MR) is 227 cm³/mol. The lowest BCUT2D eigenvalue weighted by Crippen LogP contribution is -2.57. The minimum atomic E-state index is -5.83. The van der Waals surface area contributed by atoms with Crippen molar-refractivity contribution in [1.82, 2.24) is 0 Å². The second-order valence-electron chi connectivity index (χ2n) is 13.5. The molecule has 19 heteroatoms. The Hall–Kier alpha value is -3.64. The minimum Gasteiger partial charge on any atom is -0.376 e. The lowest BCUT2D eigenvalue weighted by Gasteiger charge is -2.32. The second kappa shape index (κ2) is 25.7. The summed E-state index contributed by atoms with van der Waals surface area (Å²) < 4.78 is 148. The first kappa shape index (κ1) is 57.4. The third-order valence-corrected chi connectivity index (χ3v) is 14.7. The molecule has 0 heterocycles. The van der Waals surface area contributed by atoms with Crippen molar-refractivity contribution in [2.24, 2.45) is 0 Å². The number of aryl methyl sites for hydroxylation is 2. The van der Waals surface area contributed by atoms with Crippen molar-refractivity contribution in [3.8, 4) is 0 Å². The highest BCUT2D eigenvalue weighted by molar-refractivity contribution is 6.75. The summed E-state index contributed by atoms with van der Waals surface area (Å²) in [5, 5.41) is 20.3. The first-order chi connectivity index (χ1) is 29.3. The van der Waals surface area contributed by atoms with E-state index < -0.39 is 52.9 Å². The molecular weight excluding hydrogens is 884 g/mol. The van der Waals surface area contributed by atoms with Crippen molar-refractivity contribution >= 4 is 28.0 Å². The lowest BCUT2D eigenvalue weighted by molar-refractivity contribution is -0.376. The van der Waals surface area contributed by atoms with Gasteiger partial charge in [0, 0.05) is 55.6 Å². The third kappa shape index (κ3) is 16.1. The number of benzene rings is 4. The molecule has 4 aromatic rings. The van der Waals surface area contributed by atoms with Gasteiger partial charge >= 0.3 is 36.1 Å². The highest BCUT2D eigenvalue weighted by Crippen LogP contribution is 2.50. The van der Waals surface area contributed by atoms with E-state index in [0.29, 0.717) is 57.0 Å². The Balaban J connectivity index is 0.000000444. The molecule has 0 fully saturated rings. The third-order valence-electron chi connectivity index (χ3n) is 8.66. The maximum absolute atomic E-state index is 13.1. The zero-order valence-electron chi connectivity index (χ0n) is 36.9. The average Bonchev–Trinajstić information content (AvgIpc) is 3.21. The summed E-state index contributed by atoms with van der Waals surface area (Å²) >= 11 is 0. The molecular formula is C44H59F9O8Si2. The summed E-state index contributed by atoms with van der Waals surface area (Å²) in [4.78, 5) is 0. The Bertz CT molecular complexity index is 1820. The molecule has 0 aliphatic carbocycles. The van der Waals surface area contributed by atoms with E-state index in [0.717, 1.165) is 18.2 Å². The molecule has 4 aromatic carbocycles. The summed E-state index contributed by atoms with van der Waals surface area (Å²) in [7, 11) is -5.99. The van der Waals surface area contributed by atoms with E-state index in [-0.39, 0.29) is 11.1 Å². The van der Waals surface area contributed by atoms with E-state index in [2.05, 4.69) is 19.1 Å². The molecule has 0 saturated carbocycles. The van der Waals surface area contributed by atoms with Crippen molar-refractivity contribution in [3.63, 3.8) is 0 Å². The first-order valence-corrected chi connectivity index (χ1v) is 23.5. The van der Waals surface area contributed by atoms with Gasteiger partial charge in [0.15, 0.2) is 5.60 Å². The molecule has 0 aromatic heterocycles. The Morgan fingerprint density at radius 3 is 1.08 bits per heavy atom. The monoisotopic (exact) mass is 942 g/mol. The Morgan fingerprint density at radius 1 is 0.413 bits per heavy atom. The quantitative estimate of drug-likeness (QED) is 0.0848. The molecule has 0 saturated heterocycles. The van der Waals surface area contributed by atoms with Crippen LogP contribution in [0.3, 0.4) is 0 Å². The van der Waals surface area contributed by atoms with Gasteiger partial charge in [0.25, 0.3) is 5.60 Å². The smallest absolute Gasteiger partial charge is 0.376 e. The zero-order valence-corrected chi connectivity index (χ0v) is 38.9. The Kier molecular flexibility index (Phi) is 23.5. The fourth-order valence-corrected chi connectivity index (χ4v) is 10.6. The molecule has 8 nitrogen and oxygen atoms in total. The first-order valence-electron chi connectivity index (χ1n) is 20.1. The molecule has 0 bridgehead atoms. The number of hydrogen-bond donors (Lipinski definition) is 2. The maximum atomic E-state index is 13.1. The van der Waals surface area contributed by atoms with E-state index >= 15 is 0 Å². The van der Waals surface area contributed by atoms with Crippen molar-refractivity contribution in [1.29, 1.82) is 0 Å². The Labute approximate surface area is 366 Å². The van der Waals surface area contributed by atoms with Crippen LogP contribution in [-0.4, -0.2) is 86.0 Å². The number of halogens is 9. The van der Waals surface area contributed by atoms with Crippen LogP contribution >= 0.6 is 0 Å². The van der Waals surface area contributed by atoms with Crippen LogP contribution in [0, 0.1) is 13.8 Å². The van der Waals surface area contributed by atoms with Gasteiger partial charge in [-0.2, -0.15) is 39.5 Å². The predicted octanol–water partition coefficient (Wildman–Crippen LogP) is 9.96. The van der Waals surface area contributed by atoms with Crippen molar-refractivity contribution in [3.05, 3.63) is 131 Å². The number of aliphatic hydroxyl groups is 2. The molecule has 0 aliphatic heterocycles. The molecule has 354 valence electrons. The van der Waals surface area contributed by atoms with Crippen LogP contribution in [0.1, 0.15) is 70.7 Å². The van der Waals surface area contributed by atoms with E-state index in [4.69, 9.17) is 31.7 Å². The van der Waals surface area contributed by atoms with Gasteiger partial charge in [-0.1, -0.05) is 114 Å². The van der Waals surface area contributed by atoms with Gasteiger partial charge < -0.3 is 36.8 Å². The summed E-state index contributed by atoms with van der Waals surface area (Å²) in [5.41, 5.74) is -7.81. The summed E-state index contributed by atoms with van der Waals surface area (Å²) in [5.74, 6) is 0. The highest BCUT2D eigenvalue weighted by Gasteiger charge is 2.71. The van der Waals surface area contributed by atoms with Crippen LogP contribution in [-0.2, 0) is 37.8 Å².